The highest BCUT2D eigenvalue weighted by atomic mass is 35.5. The normalized spacial score (nSPS) is 16.9. The van der Waals surface area contributed by atoms with Crippen LogP contribution in [0.15, 0.2) is 18.2 Å². The molecule has 0 spiro atoms. The van der Waals surface area contributed by atoms with Gasteiger partial charge in [-0.25, -0.2) is 0 Å². The molecule has 0 aliphatic heterocycles. The summed E-state index contributed by atoms with van der Waals surface area (Å²) in [5.74, 6) is 0.621. The van der Waals surface area contributed by atoms with E-state index in [0.29, 0.717) is 22.3 Å². The maximum absolute atomic E-state index is 11.8. The van der Waals surface area contributed by atoms with Gasteiger partial charge in [0.2, 0.25) is 5.91 Å². The predicted molar refractivity (Wildman–Crippen MR) is 66.4 cm³/mol. The Balaban J connectivity index is 2.07. The van der Waals surface area contributed by atoms with Gasteiger partial charge in [0, 0.05) is 10.9 Å². The van der Waals surface area contributed by atoms with Crippen molar-refractivity contribution >= 4 is 28.9 Å². The molecule has 0 radical (unpaired) electrons. The molecule has 1 aliphatic rings. The number of nitrogen functional groups attached to an aromatic ring is 1. The molecule has 2 rings (SSSR count). The maximum atomic E-state index is 11.8. The highest BCUT2D eigenvalue weighted by Gasteiger charge is 2.32. The van der Waals surface area contributed by atoms with Crippen molar-refractivity contribution in [3.63, 3.8) is 0 Å². The second-order valence-corrected chi connectivity index (χ2v) is 4.78. The first-order chi connectivity index (χ1) is 7.58. The number of nitrogens with two attached hydrogens (primary N) is 1. The van der Waals surface area contributed by atoms with E-state index in [1.807, 2.05) is 6.92 Å². The van der Waals surface area contributed by atoms with E-state index in [1.54, 1.807) is 18.2 Å². The van der Waals surface area contributed by atoms with Crippen LogP contribution in [-0.2, 0) is 4.79 Å². The lowest BCUT2D eigenvalue weighted by atomic mass is 10.1. The molecule has 0 heterocycles. The second kappa shape index (κ2) is 4.34. The molecule has 0 saturated heterocycles. The van der Waals surface area contributed by atoms with Gasteiger partial charge < -0.3 is 11.1 Å². The molecule has 3 N–H and O–H groups in total. The van der Waals surface area contributed by atoms with Crippen LogP contribution in [0.4, 0.5) is 11.4 Å². The van der Waals surface area contributed by atoms with Crippen molar-refractivity contribution in [2.45, 2.75) is 19.8 Å². The molecule has 1 saturated carbocycles. The van der Waals surface area contributed by atoms with E-state index in [0.717, 1.165) is 12.8 Å². The first kappa shape index (κ1) is 11.3. The Morgan fingerprint density at radius 3 is 2.88 bits per heavy atom. The van der Waals surface area contributed by atoms with E-state index >= 15 is 0 Å². The van der Waals surface area contributed by atoms with Crippen LogP contribution < -0.4 is 11.1 Å². The summed E-state index contributed by atoms with van der Waals surface area (Å²) in [6, 6.07) is 5.07. The molecule has 1 aliphatic carbocycles. The summed E-state index contributed by atoms with van der Waals surface area (Å²) in [6.07, 6.45) is 2.30. The SMILES string of the molecule is CC(C(=O)Nc1cc(Cl)ccc1N)C1CC1. The van der Waals surface area contributed by atoms with Gasteiger partial charge in [0.05, 0.1) is 11.4 Å². The Morgan fingerprint density at radius 1 is 1.56 bits per heavy atom. The first-order valence-electron chi connectivity index (χ1n) is 5.44. The van der Waals surface area contributed by atoms with E-state index in [9.17, 15) is 4.79 Å². The van der Waals surface area contributed by atoms with E-state index in [4.69, 9.17) is 17.3 Å². The number of carbonyl (C=O) groups excluding carboxylic acids is 1. The molecule has 1 aromatic carbocycles. The molecule has 1 aromatic rings. The van der Waals surface area contributed by atoms with Crippen molar-refractivity contribution in [1.29, 1.82) is 0 Å². The molecular formula is C12H15ClN2O. The molecule has 0 aromatic heterocycles. The topological polar surface area (TPSA) is 55.1 Å². The lowest BCUT2D eigenvalue weighted by Crippen LogP contribution is -2.22. The predicted octanol–water partition coefficient (Wildman–Crippen LogP) is 2.91. The molecule has 1 amide bonds. The van der Waals surface area contributed by atoms with Gasteiger partial charge in [0.25, 0.3) is 0 Å². The average molecular weight is 239 g/mol. The van der Waals surface area contributed by atoms with Crippen molar-refractivity contribution in [1.82, 2.24) is 0 Å². The lowest BCUT2D eigenvalue weighted by molar-refractivity contribution is -0.119. The zero-order valence-electron chi connectivity index (χ0n) is 9.16. The number of rotatable bonds is 3. The van der Waals surface area contributed by atoms with Gasteiger partial charge in [-0.3, -0.25) is 4.79 Å². The van der Waals surface area contributed by atoms with Gasteiger partial charge in [0.1, 0.15) is 0 Å². The molecule has 3 nitrogen and oxygen atoms in total. The molecule has 0 bridgehead atoms. The summed E-state index contributed by atoms with van der Waals surface area (Å²) in [6.45, 7) is 1.95. The van der Waals surface area contributed by atoms with Crippen LogP contribution in [0.3, 0.4) is 0 Å². The quantitative estimate of drug-likeness (QED) is 0.796. The van der Waals surface area contributed by atoms with Crippen molar-refractivity contribution in [2.75, 3.05) is 11.1 Å². The van der Waals surface area contributed by atoms with Gasteiger partial charge in [-0.1, -0.05) is 18.5 Å². The van der Waals surface area contributed by atoms with E-state index in [2.05, 4.69) is 5.32 Å². The molecular weight excluding hydrogens is 224 g/mol. The van der Waals surface area contributed by atoms with E-state index in [1.165, 1.54) is 0 Å². The van der Waals surface area contributed by atoms with Gasteiger partial charge in [-0.15, -0.1) is 0 Å². The summed E-state index contributed by atoms with van der Waals surface area (Å²) < 4.78 is 0. The van der Waals surface area contributed by atoms with Gasteiger partial charge in [0.15, 0.2) is 0 Å². The minimum absolute atomic E-state index is 0.0245. The fourth-order valence-corrected chi connectivity index (χ4v) is 1.87. The van der Waals surface area contributed by atoms with Gasteiger partial charge in [-0.05, 0) is 37.0 Å². The Labute approximate surface area is 100.0 Å². The largest absolute Gasteiger partial charge is 0.397 e. The number of halogens is 1. The van der Waals surface area contributed by atoms with Crippen molar-refractivity contribution < 1.29 is 4.79 Å². The lowest BCUT2D eigenvalue weighted by Gasteiger charge is -2.12. The monoisotopic (exact) mass is 238 g/mol. The molecule has 16 heavy (non-hydrogen) atoms. The number of hydrogen-bond donors (Lipinski definition) is 2. The zero-order valence-corrected chi connectivity index (χ0v) is 9.92. The molecule has 1 atom stereocenters. The summed E-state index contributed by atoms with van der Waals surface area (Å²) >= 11 is 5.85. The van der Waals surface area contributed by atoms with Crippen molar-refractivity contribution in [3.05, 3.63) is 23.2 Å². The van der Waals surface area contributed by atoms with Crippen LogP contribution in [0.1, 0.15) is 19.8 Å². The summed E-state index contributed by atoms with van der Waals surface area (Å²) in [5.41, 5.74) is 6.90. The molecule has 1 unspecified atom stereocenters. The number of anilines is 2. The number of benzene rings is 1. The smallest absolute Gasteiger partial charge is 0.227 e. The van der Waals surface area contributed by atoms with E-state index < -0.39 is 0 Å². The average Bonchev–Trinajstić information content (AvgIpc) is 3.06. The standard InChI is InChI=1S/C12H15ClN2O/c1-7(8-2-3-8)12(16)15-11-6-9(13)4-5-10(11)14/h4-8H,2-3,14H2,1H3,(H,15,16). The summed E-state index contributed by atoms with van der Waals surface area (Å²) in [5, 5.41) is 3.40. The van der Waals surface area contributed by atoms with Crippen molar-refractivity contribution in [3.8, 4) is 0 Å². The third kappa shape index (κ3) is 2.47. The molecule has 4 heteroatoms. The third-order valence-corrected chi connectivity index (χ3v) is 3.25. The zero-order chi connectivity index (χ0) is 11.7. The Kier molecular flexibility index (Phi) is 3.06. The fraction of sp³-hybridized carbons (Fsp3) is 0.417. The Morgan fingerprint density at radius 2 is 2.25 bits per heavy atom. The van der Waals surface area contributed by atoms with Crippen molar-refractivity contribution in [2.24, 2.45) is 11.8 Å². The van der Waals surface area contributed by atoms with Crippen LogP contribution in [-0.4, -0.2) is 5.91 Å². The van der Waals surface area contributed by atoms with Crippen LogP contribution in [0.25, 0.3) is 0 Å². The van der Waals surface area contributed by atoms with Crippen LogP contribution in [0.5, 0.6) is 0 Å². The van der Waals surface area contributed by atoms with Gasteiger partial charge >= 0.3 is 0 Å². The third-order valence-electron chi connectivity index (χ3n) is 3.02. The highest BCUT2D eigenvalue weighted by Crippen LogP contribution is 2.37. The Hall–Kier alpha value is -1.22. The van der Waals surface area contributed by atoms with Gasteiger partial charge in [-0.2, -0.15) is 0 Å². The summed E-state index contributed by atoms with van der Waals surface area (Å²) in [7, 11) is 0. The van der Waals surface area contributed by atoms with Crippen LogP contribution >= 0.6 is 11.6 Å². The first-order valence-corrected chi connectivity index (χ1v) is 5.81. The number of carbonyl (C=O) groups is 1. The minimum Gasteiger partial charge on any atom is -0.397 e. The highest BCUT2D eigenvalue weighted by molar-refractivity contribution is 6.31. The second-order valence-electron chi connectivity index (χ2n) is 4.35. The number of amides is 1. The molecule has 1 fully saturated rings. The fourth-order valence-electron chi connectivity index (χ4n) is 1.69. The molecule has 86 valence electrons. The van der Waals surface area contributed by atoms with Crippen LogP contribution in [0, 0.1) is 11.8 Å². The van der Waals surface area contributed by atoms with E-state index in [-0.39, 0.29) is 11.8 Å². The van der Waals surface area contributed by atoms with Crippen LogP contribution in [0.2, 0.25) is 5.02 Å². The number of hydrogen-bond acceptors (Lipinski definition) is 2. The number of nitrogens with one attached hydrogen (secondary N) is 1. The Bertz CT molecular complexity index is 415. The minimum atomic E-state index is 0.0245. The summed E-state index contributed by atoms with van der Waals surface area (Å²) in [4.78, 5) is 11.8. The maximum Gasteiger partial charge on any atom is 0.227 e.